The van der Waals surface area contributed by atoms with Crippen LogP contribution in [0.5, 0.6) is 11.5 Å². The fourth-order valence-electron chi connectivity index (χ4n) is 1.39. The van der Waals surface area contributed by atoms with E-state index in [1.165, 1.54) is 13.2 Å². The highest BCUT2D eigenvalue weighted by atomic mass is 19.1. The van der Waals surface area contributed by atoms with Gasteiger partial charge >= 0.3 is 0 Å². The molecule has 0 saturated heterocycles. The molecule has 0 bridgehead atoms. The van der Waals surface area contributed by atoms with Gasteiger partial charge in [-0.25, -0.2) is 4.39 Å². The molecule has 0 atom stereocenters. The van der Waals surface area contributed by atoms with Crippen molar-refractivity contribution in [3.63, 3.8) is 0 Å². The maximum Gasteiger partial charge on any atom is 0.168 e. The quantitative estimate of drug-likeness (QED) is 0.840. The van der Waals surface area contributed by atoms with Gasteiger partial charge in [-0.2, -0.15) is 0 Å². The minimum absolute atomic E-state index is 0.0478. The summed E-state index contributed by atoms with van der Waals surface area (Å²) in [6.45, 7) is 3.72. The first kappa shape index (κ1) is 12.8. The van der Waals surface area contributed by atoms with E-state index in [4.69, 9.17) is 14.6 Å². The lowest BCUT2D eigenvalue weighted by Gasteiger charge is -2.14. The van der Waals surface area contributed by atoms with Gasteiger partial charge in [-0.05, 0) is 17.5 Å². The lowest BCUT2D eigenvalue weighted by Crippen LogP contribution is -2.05. The Labute approximate surface area is 94.8 Å². The zero-order valence-electron chi connectivity index (χ0n) is 9.79. The molecule has 0 unspecified atom stereocenters. The van der Waals surface area contributed by atoms with Crippen molar-refractivity contribution in [3.8, 4) is 11.5 Å². The third kappa shape index (κ3) is 2.85. The number of aliphatic hydroxyl groups excluding tert-OH is 1. The number of hydrogen-bond acceptors (Lipinski definition) is 3. The second-order valence-electron chi connectivity index (χ2n) is 3.76. The molecule has 4 heteroatoms. The van der Waals surface area contributed by atoms with E-state index >= 15 is 0 Å². The molecule has 0 saturated carbocycles. The van der Waals surface area contributed by atoms with Crippen LogP contribution in [0.25, 0.3) is 0 Å². The third-order valence-corrected chi connectivity index (χ3v) is 2.25. The van der Waals surface area contributed by atoms with Crippen molar-refractivity contribution in [1.82, 2.24) is 0 Å². The number of halogens is 1. The fourth-order valence-corrected chi connectivity index (χ4v) is 1.39. The van der Waals surface area contributed by atoms with Gasteiger partial charge in [0.15, 0.2) is 11.6 Å². The van der Waals surface area contributed by atoms with Gasteiger partial charge in [0, 0.05) is 6.07 Å². The van der Waals surface area contributed by atoms with Crippen LogP contribution in [0, 0.1) is 5.82 Å². The highest BCUT2D eigenvalue weighted by Crippen LogP contribution is 2.31. The smallest absolute Gasteiger partial charge is 0.168 e. The Hall–Kier alpha value is -1.29. The summed E-state index contributed by atoms with van der Waals surface area (Å²) in [5, 5.41) is 8.64. The van der Waals surface area contributed by atoms with Crippen molar-refractivity contribution >= 4 is 0 Å². The number of ether oxygens (including phenoxy) is 2. The highest BCUT2D eigenvalue weighted by molar-refractivity contribution is 5.41. The zero-order valence-corrected chi connectivity index (χ0v) is 9.79. The van der Waals surface area contributed by atoms with E-state index in [0.29, 0.717) is 11.3 Å². The average molecular weight is 228 g/mol. The topological polar surface area (TPSA) is 38.7 Å². The summed E-state index contributed by atoms with van der Waals surface area (Å²) >= 11 is 0. The second kappa shape index (κ2) is 5.70. The molecule has 0 amide bonds. The normalized spacial score (nSPS) is 10.6. The Kier molecular flexibility index (Phi) is 4.55. The van der Waals surface area contributed by atoms with Crippen LogP contribution in [0.15, 0.2) is 12.1 Å². The molecular weight excluding hydrogens is 211 g/mol. The van der Waals surface area contributed by atoms with Gasteiger partial charge < -0.3 is 14.6 Å². The first-order valence-corrected chi connectivity index (χ1v) is 5.21. The third-order valence-electron chi connectivity index (χ3n) is 2.25. The van der Waals surface area contributed by atoms with E-state index in [1.807, 2.05) is 13.8 Å². The number of benzene rings is 1. The molecule has 16 heavy (non-hydrogen) atoms. The van der Waals surface area contributed by atoms with E-state index in [0.717, 1.165) is 0 Å². The fraction of sp³-hybridized carbons (Fsp3) is 0.500. The van der Waals surface area contributed by atoms with Gasteiger partial charge in [-0.1, -0.05) is 13.8 Å². The first-order valence-electron chi connectivity index (χ1n) is 5.21. The molecule has 1 rings (SSSR count). The van der Waals surface area contributed by atoms with E-state index in [9.17, 15) is 4.39 Å². The summed E-state index contributed by atoms with van der Waals surface area (Å²) in [7, 11) is 1.52. The molecule has 90 valence electrons. The summed E-state index contributed by atoms with van der Waals surface area (Å²) < 4.78 is 24.1. The van der Waals surface area contributed by atoms with Crippen LogP contribution in [-0.2, 0) is 0 Å². The zero-order chi connectivity index (χ0) is 12.1. The van der Waals surface area contributed by atoms with Gasteiger partial charge in [0.05, 0.1) is 13.7 Å². The predicted molar refractivity (Wildman–Crippen MR) is 59.6 cm³/mol. The van der Waals surface area contributed by atoms with Crippen LogP contribution in [-0.4, -0.2) is 25.4 Å². The van der Waals surface area contributed by atoms with Crippen molar-refractivity contribution in [2.75, 3.05) is 20.3 Å². The Morgan fingerprint density at radius 2 is 2.06 bits per heavy atom. The molecule has 0 heterocycles. The number of hydrogen-bond donors (Lipinski definition) is 1. The average Bonchev–Trinajstić information content (AvgIpc) is 2.27. The summed E-state index contributed by atoms with van der Waals surface area (Å²) in [4.78, 5) is 0. The predicted octanol–water partition coefficient (Wildman–Crippen LogP) is 2.33. The van der Waals surface area contributed by atoms with Crippen molar-refractivity contribution < 1.29 is 19.0 Å². The van der Waals surface area contributed by atoms with Crippen molar-refractivity contribution in [2.24, 2.45) is 0 Å². The summed E-state index contributed by atoms with van der Waals surface area (Å²) in [6, 6.07) is 3.14. The first-order chi connectivity index (χ1) is 7.60. The van der Waals surface area contributed by atoms with Crippen LogP contribution in [0.1, 0.15) is 25.3 Å². The number of rotatable bonds is 5. The molecule has 0 aliphatic heterocycles. The second-order valence-corrected chi connectivity index (χ2v) is 3.76. The van der Waals surface area contributed by atoms with Crippen LogP contribution in [0.3, 0.4) is 0 Å². The van der Waals surface area contributed by atoms with Gasteiger partial charge in [0.1, 0.15) is 12.4 Å². The van der Waals surface area contributed by atoms with Crippen LogP contribution in [0.4, 0.5) is 4.39 Å². The van der Waals surface area contributed by atoms with E-state index in [2.05, 4.69) is 0 Å². The minimum Gasteiger partial charge on any atom is -0.497 e. The molecule has 0 fully saturated rings. The molecule has 0 radical (unpaired) electrons. The summed E-state index contributed by atoms with van der Waals surface area (Å²) in [5.41, 5.74) is 0.548. The largest absolute Gasteiger partial charge is 0.497 e. The number of methoxy groups -OCH3 is 1. The molecule has 1 aromatic rings. The molecular formula is C12H17FO3. The van der Waals surface area contributed by atoms with Crippen molar-refractivity contribution in [1.29, 1.82) is 0 Å². The molecule has 0 aromatic heterocycles. The highest BCUT2D eigenvalue weighted by Gasteiger charge is 2.14. The summed E-state index contributed by atoms with van der Waals surface area (Å²) in [6.07, 6.45) is 0. The van der Waals surface area contributed by atoms with Crippen molar-refractivity contribution in [3.05, 3.63) is 23.5 Å². The maximum atomic E-state index is 13.9. The number of aliphatic hydroxyl groups is 1. The van der Waals surface area contributed by atoms with E-state index in [1.54, 1.807) is 6.07 Å². The van der Waals surface area contributed by atoms with Gasteiger partial charge in [-0.15, -0.1) is 0 Å². The Balaban J connectivity index is 3.10. The van der Waals surface area contributed by atoms with Crippen LogP contribution >= 0.6 is 0 Å². The lowest BCUT2D eigenvalue weighted by molar-refractivity contribution is 0.195. The molecule has 0 aliphatic carbocycles. The van der Waals surface area contributed by atoms with Crippen LogP contribution < -0.4 is 9.47 Å². The standard InChI is InChI=1S/C12H17FO3/c1-8(2)10-6-9(15-3)7-11(12(10)13)16-5-4-14/h6-8,14H,4-5H2,1-3H3. The molecule has 0 spiro atoms. The Bertz CT molecular complexity index is 350. The van der Waals surface area contributed by atoms with Gasteiger partial charge in [0.25, 0.3) is 0 Å². The van der Waals surface area contributed by atoms with Crippen LogP contribution in [0.2, 0.25) is 0 Å². The maximum absolute atomic E-state index is 13.9. The minimum atomic E-state index is -0.385. The molecule has 0 aliphatic rings. The van der Waals surface area contributed by atoms with Gasteiger partial charge in [0.2, 0.25) is 0 Å². The molecule has 3 nitrogen and oxygen atoms in total. The summed E-state index contributed by atoms with van der Waals surface area (Å²) in [5.74, 6) is 0.339. The van der Waals surface area contributed by atoms with E-state index < -0.39 is 0 Å². The van der Waals surface area contributed by atoms with Gasteiger partial charge in [-0.3, -0.25) is 0 Å². The van der Waals surface area contributed by atoms with E-state index in [-0.39, 0.29) is 30.7 Å². The monoisotopic (exact) mass is 228 g/mol. The van der Waals surface area contributed by atoms with Crippen molar-refractivity contribution in [2.45, 2.75) is 19.8 Å². The molecule has 1 aromatic carbocycles. The Morgan fingerprint density at radius 1 is 1.38 bits per heavy atom. The lowest BCUT2D eigenvalue weighted by atomic mass is 10.0. The SMILES string of the molecule is COc1cc(OCCO)c(F)c(C(C)C)c1. The molecule has 1 N–H and O–H groups in total. The Morgan fingerprint density at radius 3 is 2.56 bits per heavy atom.